The highest BCUT2D eigenvalue weighted by Gasteiger charge is 2.23. The summed E-state index contributed by atoms with van der Waals surface area (Å²) in [6, 6.07) is 14.9. The number of aliphatic imine (C=N–C) groups is 1. The van der Waals surface area contributed by atoms with Crippen molar-refractivity contribution < 1.29 is 0 Å². The molecule has 0 amide bonds. The second kappa shape index (κ2) is 4.89. The van der Waals surface area contributed by atoms with E-state index < -0.39 is 0 Å². The fourth-order valence-electron chi connectivity index (χ4n) is 2.11. The highest BCUT2D eigenvalue weighted by atomic mass is 32.2. The predicted molar refractivity (Wildman–Crippen MR) is 86.1 cm³/mol. The number of nitrogens with one attached hydrogen (secondary N) is 1. The van der Waals surface area contributed by atoms with Gasteiger partial charge in [-0.1, -0.05) is 55.9 Å². The molecule has 0 aromatic heterocycles. The Bertz CT molecular complexity index is 631. The average Bonchev–Trinajstić information content (AvgIpc) is 2.41. The number of anilines is 1. The zero-order chi connectivity index (χ0) is 13.3. The fraction of sp³-hybridized carbons (Fsp3) is 0.312. The van der Waals surface area contributed by atoms with Gasteiger partial charge in [-0.15, -0.1) is 0 Å². The monoisotopic (exact) mass is 270 g/mol. The number of hydrogen-bond acceptors (Lipinski definition) is 3. The summed E-state index contributed by atoms with van der Waals surface area (Å²) in [4.78, 5) is 4.63. The molecule has 0 bridgehead atoms. The van der Waals surface area contributed by atoms with Gasteiger partial charge in [0, 0.05) is 18.0 Å². The van der Waals surface area contributed by atoms with Crippen LogP contribution in [0.25, 0.3) is 10.8 Å². The van der Waals surface area contributed by atoms with E-state index in [1.807, 2.05) is 11.8 Å². The Balaban J connectivity index is 1.80. The Morgan fingerprint density at radius 2 is 1.89 bits per heavy atom. The third-order valence-corrected chi connectivity index (χ3v) is 4.68. The summed E-state index contributed by atoms with van der Waals surface area (Å²) >= 11 is 1.81. The van der Waals surface area contributed by atoms with Crippen molar-refractivity contribution in [1.82, 2.24) is 0 Å². The minimum Gasteiger partial charge on any atom is -0.335 e. The molecule has 0 saturated heterocycles. The maximum atomic E-state index is 4.63. The molecule has 3 heteroatoms. The lowest BCUT2D eigenvalue weighted by Crippen LogP contribution is -2.27. The second-order valence-electron chi connectivity index (χ2n) is 5.76. The SMILES string of the molecule is CC1(C)CN=C(Nc2ccc3ccccc3c2)SC1. The van der Waals surface area contributed by atoms with E-state index in [0.717, 1.165) is 23.2 Å². The number of hydrogen-bond donors (Lipinski definition) is 1. The van der Waals surface area contributed by atoms with Crippen molar-refractivity contribution in [3.05, 3.63) is 42.5 Å². The largest absolute Gasteiger partial charge is 0.335 e. The van der Waals surface area contributed by atoms with Gasteiger partial charge in [0.25, 0.3) is 0 Å². The number of rotatable bonds is 1. The van der Waals surface area contributed by atoms with E-state index in [0.29, 0.717) is 5.41 Å². The summed E-state index contributed by atoms with van der Waals surface area (Å²) < 4.78 is 0. The van der Waals surface area contributed by atoms with Crippen molar-refractivity contribution in [2.24, 2.45) is 10.4 Å². The van der Waals surface area contributed by atoms with Gasteiger partial charge in [-0.25, -0.2) is 0 Å². The summed E-state index contributed by atoms with van der Waals surface area (Å²) in [5.74, 6) is 1.12. The van der Waals surface area contributed by atoms with Crippen LogP contribution in [0.2, 0.25) is 0 Å². The minimum atomic E-state index is 0.319. The second-order valence-corrected chi connectivity index (χ2v) is 6.73. The lowest BCUT2D eigenvalue weighted by atomic mass is 9.97. The molecule has 1 heterocycles. The van der Waals surface area contributed by atoms with Gasteiger partial charge in [0.05, 0.1) is 0 Å². The smallest absolute Gasteiger partial charge is 0.161 e. The molecular weight excluding hydrogens is 252 g/mol. The summed E-state index contributed by atoms with van der Waals surface area (Å²) in [7, 11) is 0. The van der Waals surface area contributed by atoms with Crippen molar-refractivity contribution in [2.45, 2.75) is 13.8 Å². The Morgan fingerprint density at radius 1 is 1.11 bits per heavy atom. The average molecular weight is 270 g/mol. The van der Waals surface area contributed by atoms with E-state index in [9.17, 15) is 0 Å². The van der Waals surface area contributed by atoms with E-state index in [1.165, 1.54) is 10.8 Å². The van der Waals surface area contributed by atoms with Gasteiger partial charge in [-0.2, -0.15) is 0 Å². The molecule has 0 spiro atoms. The molecule has 0 saturated carbocycles. The van der Waals surface area contributed by atoms with Gasteiger partial charge in [-0.3, -0.25) is 4.99 Å². The number of nitrogens with zero attached hydrogens (tertiary/aromatic N) is 1. The highest BCUT2D eigenvalue weighted by Crippen LogP contribution is 2.29. The van der Waals surface area contributed by atoms with E-state index in [4.69, 9.17) is 0 Å². The van der Waals surface area contributed by atoms with Gasteiger partial charge >= 0.3 is 0 Å². The van der Waals surface area contributed by atoms with Crippen LogP contribution in [0.15, 0.2) is 47.5 Å². The van der Waals surface area contributed by atoms with Gasteiger partial charge < -0.3 is 5.32 Å². The van der Waals surface area contributed by atoms with Crippen LogP contribution in [-0.4, -0.2) is 17.5 Å². The van der Waals surface area contributed by atoms with Crippen LogP contribution in [0, 0.1) is 5.41 Å². The van der Waals surface area contributed by atoms with Crippen LogP contribution in [0.4, 0.5) is 5.69 Å². The van der Waals surface area contributed by atoms with Gasteiger partial charge in [-0.05, 0) is 28.3 Å². The predicted octanol–water partition coefficient (Wildman–Crippen LogP) is 4.38. The number of thioether (sulfide) groups is 1. The molecule has 1 aliphatic rings. The van der Waals surface area contributed by atoms with Crippen LogP contribution in [-0.2, 0) is 0 Å². The van der Waals surface area contributed by atoms with Crippen molar-refractivity contribution in [2.75, 3.05) is 17.6 Å². The topological polar surface area (TPSA) is 24.4 Å². The third kappa shape index (κ3) is 2.92. The molecule has 2 aromatic rings. The van der Waals surface area contributed by atoms with Crippen LogP contribution < -0.4 is 5.32 Å². The van der Waals surface area contributed by atoms with E-state index in [1.54, 1.807) is 0 Å². The molecule has 0 aliphatic carbocycles. The molecule has 0 fully saturated rings. The first-order valence-electron chi connectivity index (χ1n) is 6.56. The normalized spacial score (nSPS) is 18.1. The standard InChI is InChI=1S/C16H18N2S/c1-16(2)10-17-15(19-11-16)18-14-8-7-12-5-3-4-6-13(12)9-14/h3-9H,10-11H2,1-2H3,(H,17,18). The van der Waals surface area contributed by atoms with Crippen LogP contribution in [0.5, 0.6) is 0 Å². The number of amidine groups is 1. The third-order valence-electron chi connectivity index (χ3n) is 3.25. The van der Waals surface area contributed by atoms with Crippen molar-refractivity contribution >= 4 is 33.4 Å². The molecule has 0 radical (unpaired) electrons. The summed E-state index contributed by atoms with van der Waals surface area (Å²) in [5, 5.41) is 6.99. The first kappa shape index (κ1) is 12.5. The first-order valence-corrected chi connectivity index (χ1v) is 7.54. The molecule has 98 valence electrons. The molecule has 0 unspecified atom stereocenters. The maximum Gasteiger partial charge on any atom is 0.161 e. The van der Waals surface area contributed by atoms with Gasteiger partial charge in [0.15, 0.2) is 5.17 Å². The number of fused-ring (bicyclic) bond motifs is 1. The van der Waals surface area contributed by atoms with Gasteiger partial charge in [0.1, 0.15) is 0 Å². The van der Waals surface area contributed by atoms with Crippen molar-refractivity contribution in [3.63, 3.8) is 0 Å². The molecule has 2 nitrogen and oxygen atoms in total. The van der Waals surface area contributed by atoms with Crippen LogP contribution in [0.1, 0.15) is 13.8 Å². The molecule has 1 aliphatic heterocycles. The summed E-state index contributed by atoms with van der Waals surface area (Å²) in [6.07, 6.45) is 0. The Labute approximate surface area is 118 Å². The molecule has 19 heavy (non-hydrogen) atoms. The number of benzene rings is 2. The first-order chi connectivity index (χ1) is 9.12. The lowest BCUT2D eigenvalue weighted by molar-refractivity contribution is 0.438. The molecule has 2 aromatic carbocycles. The Hall–Kier alpha value is -1.48. The Morgan fingerprint density at radius 3 is 2.63 bits per heavy atom. The maximum absolute atomic E-state index is 4.63. The quantitative estimate of drug-likeness (QED) is 0.831. The van der Waals surface area contributed by atoms with E-state index >= 15 is 0 Å². The molecule has 0 atom stereocenters. The zero-order valence-corrected chi connectivity index (χ0v) is 12.1. The van der Waals surface area contributed by atoms with E-state index in [2.05, 4.69) is 66.6 Å². The highest BCUT2D eigenvalue weighted by molar-refractivity contribution is 8.14. The molecular formula is C16H18N2S. The zero-order valence-electron chi connectivity index (χ0n) is 11.3. The Kier molecular flexibility index (Phi) is 3.23. The van der Waals surface area contributed by atoms with Crippen molar-refractivity contribution in [3.8, 4) is 0 Å². The molecule has 3 rings (SSSR count). The van der Waals surface area contributed by atoms with Gasteiger partial charge in [0.2, 0.25) is 0 Å². The fourth-order valence-corrected chi connectivity index (χ4v) is 3.07. The summed E-state index contributed by atoms with van der Waals surface area (Å²) in [5.41, 5.74) is 1.43. The van der Waals surface area contributed by atoms with Crippen molar-refractivity contribution in [1.29, 1.82) is 0 Å². The lowest BCUT2D eigenvalue weighted by Gasteiger charge is -2.27. The summed E-state index contributed by atoms with van der Waals surface area (Å²) in [6.45, 7) is 5.42. The van der Waals surface area contributed by atoms with Crippen LogP contribution in [0.3, 0.4) is 0 Å². The van der Waals surface area contributed by atoms with Crippen LogP contribution >= 0.6 is 11.8 Å². The molecule has 1 N–H and O–H groups in total. The van der Waals surface area contributed by atoms with E-state index in [-0.39, 0.29) is 0 Å². The minimum absolute atomic E-state index is 0.319.